The Morgan fingerprint density at radius 3 is 2.82 bits per heavy atom. The van der Waals surface area contributed by atoms with E-state index in [0.29, 0.717) is 0 Å². The molecule has 2 heterocycles. The number of nitrogens with zero attached hydrogens (tertiary/aromatic N) is 1. The lowest BCUT2D eigenvalue weighted by Gasteiger charge is -2.33. The van der Waals surface area contributed by atoms with Crippen LogP contribution in [0, 0.1) is 0 Å². The fourth-order valence-corrected chi connectivity index (χ4v) is 2.63. The lowest BCUT2D eigenvalue weighted by Crippen LogP contribution is -2.39. The SMILES string of the molecule is OC1(c2cccc3ccncc23)CCNCC1. The highest BCUT2D eigenvalue weighted by Crippen LogP contribution is 2.34. The van der Waals surface area contributed by atoms with Gasteiger partial charge in [-0.05, 0) is 42.9 Å². The first kappa shape index (κ1) is 10.7. The van der Waals surface area contributed by atoms with Crippen molar-refractivity contribution in [2.75, 3.05) is 13.1 Å². The zero-order valence-electron chi connectivity index (χ0n) is 9.69. The summed E-state index contributed by atoms with van der Waals surface area (Å²) in [6.07, 6.45) is 5.17. The molecule has 88 valence electrons. The molecule has 1 saturated heterocycles. The molecule has 0 bridgehead atoms. The van der Waals surface area contributed by atoms with Gasteiger partial charge in [-0.15, -0.1) is 0 Å². The van der Waals surface area contributed by atoms with E-state index < -0.39 is 5.60 Å². The number of rotatable bonds is 1. The van der Waals surface area contributed by atoms with Crippen molar-refractivity contribution < 1.29 is 5.11 Å². The summed E-state index contributed by atoms with van der Waals surface area (Å²) in [7, 11) is 0. The Balaban J connectivity index is 2.16. The van der Waals surface area contributed by atoms with Gasteiger partial charge in [0.05, 0.1) is 5.60 Å². The molecule has 0 spiro atoms. The number of hydrogen-bond acceptors (Lipinski definition) is 3. The Morgan fingerprint density at radius 2 is 2.00 bits per heavy atom. The van der Waals surface area contributed by atoms with Crippen molar-refractivity contribution in [3.8, 4) is 0 Å². The van der Waals surface area contributed by atoms with Crippen LogP contribution in [0.25, 0.3) is 10.8 Å². The summed E-state index contributed by atoms with van der Waals surface area (Å²) in [6.45, 7) is 1.74. The summed E-state index contributed by atoms with van der Waals surface area (Å²) in [6, 6.07) is 8.08. The number of nitrogens with one attached hydrogen (secondary N) is 1. The van der Waals surface area contributed by atoms with Crippen molar-refractivity contribution in [3.63, 3.8) is 0 Å². The van der Waals surface area contributed by atoms with Crippen LogP contribution >= 0.6 is 0 Å². The van der Waals surface area contributed by atoms with Crippen LogP contribution in [0.1, 0.15) is 18.4 Å². The van der Waals surface area contributed by atoms with Crippen LogP contribution in [0.4, 0.5) is 0 Å². The van der Waals surface area contributed by atoms with Crippen molar-refractivity contribution in [1.29, 1.82) is 0 Å². The van der Waals surface area contributed by atoms with Gasteiger partial charge in [0.1, 0.15) is 0 Å². The minimum absolute atomic E-state index is 0.701. The van der Waals surface area contributed by atoms with Gasteiger partial charge in [0.25, 0.3) is 0 Å². The molecule has 0 unspecified atom stereocenters. The lowest BCUT2D eigenvalue weighted by atomic mass is 9.83. The number of aliphatic hydroxyl groups is 1. The average molecular weight is 228 g/mol. The molecular weight excluding hydrogens is 212 g/mol. The Bertz CT molecular complexity index is 527. The standard InChI is InChI=1S/C14H16N2O/c17-14(5-8-15-9-6-14)13-3-1-2-11-4-7-16-10-12(11)13/h1-4,7,10,15,17H,5-6,8-9H2. The van der Waals surface area contributed by atoms with Gasteiger partial charge in [-0.2, -0.15) is 0 Å². The Labute approximate surface area is 100 Å². The molecule has 0 amide bonds. The predicted molar refractivity (Wildman–Crippen MR) is 67.7 cm³/mol. The van der Waals surface area contributed by atoms with Crippen molar-refractivity contribution in [2.45, 2.75) is 18.4 Å². The first-order chi connectivity index (χ1) is 8.30. The third-order valence-corrected chi connectivity index (χ3v) is 3.62. The van der Waals surface area contributed by atoms with Gasteiger partial charge in [0, 0.05) is 17.8 Å². The molecule has 0 aliphatic carbocycles. The van der Waals surface area contributed by atoms with Crippen LogP contribution in [0.15, 0.2) is 36.7 Å². The second-order valence-electron chi connectivity index (χ2n) is 4.68. The molecule has 1 aromatic carbocycles. The molecule has 2 N–H and O–H groups in total. The molecule has 1 aliphatic rings. The maximum absolute atomic E-state index is 10.8. The first-order valence-corrected chi connectivity index (χ1v) is 6.06. The second kappa shape index (κ2) is 4.09. The highest BCUT2D eigenvalue weighted by Gasteiger charge is 2.32. The van der Waals surface area contributed by atoms with Crippen LogP contribution in [0.5, 0.6) is 0 Å². The normalized spacial score (nSPS) is 19.4. The quantitative estimate of drug-likeness (QED) is 0.782. The largest absolute Gasteiger partial charge is 0.385 e. The number of aromatic nitrogens is 1. The van der Waals surface area contributed by atoms with E-state index in [4.69, 9.17) is 0 Å². The average Bonchev–Trinajstić information content (AvgIpc) is 2.39. The van der Waals surface area contributed by atoms with E-state index in [1.54, 1.807) is 6.20 Å². The number of benzene rings is 1. The van der Waals surface area contributed by atoms with E-state index in [0.717, 1.165) is 42.3 Å². The van der Waals surface area contributed by atoms with Crippen LogP contribution < -0.4 is 5.32 Å². The van der Waals surface area contributed by atoms with E-state index in [9.17, 15) is 5.11 Å². The molecule has 1 aliphatic heterocycles. The predicted octanol–water partition coefficient (Wildman–Crippen LogP) is 1.81. The molecule has 0 saturated carbocycles. The van der Waals surface area contributed by atoms with Gasteiger partial charge in [0.15, 0.2) is 0 Å². The molecule has 3 heteroatoms. The molecule has 1 fully saturated rings. The smallest absolute Gasteiger partial charge is 0.0927 e. The number of fused-ring (bicyclic) bond motifs is 1. The molecule has 3 nitrogen and oxygen atoms in total. The maximum atomic E-state index is 10.8. The van der Waals surface area contributed by atoms with E-state index in [1.807, 2.05) is 24.4 Å². The second-order valence-corrected chi connectivity index (χ2v) is 4.68. The zero-order valence-corrected chi connectivity index (χ0v) is 9.69. The molecule has 0 radical (unpaired) electrons. The first-order valence-electron chi connectivity index (χ1n) is 6.06. The topological polar surface area (TPSA) is 45.2 Å². The minimum atomic E-state index is -0.701. The summed E-state index contributed by atoms with van der Waals surface area (Å²) >= 11 is 0. The van der Waals surface area contributed by atoms with E-state index in [-0.39, 0.29) is 0 Å². The Morgan fingerprint density at radius 1 is 1.18 bits per heavy atom. The molecule has 3 rings (SSSR count). The molecule has 2 aromatic rings. The van der Waals surface area contributed by atoms with Gasteiger partial charge >= 0.3 is 0 Å². The van der Waals surface area contributed by atoms with E-state index >= 15 is 0 Å². The lowest BCUT2D eigenvalue weighted by molar-refractivity contribution is 0.00733. The van der Waals surface area contributed by atoms with E-state index in [2.05, 4.69) is 16.4 Å². The summed E-state index contributed by atoms with van der Waals surface area (Å²) < 4.78 is 0. The fourth-order valence-electron chi connectivity index (χ4n) is 2.63. The van der Waals surface area contributed by atoms with Gasteiger partial charge in [-0.1, -0.05) is 18.2 Å². The van der Waals surface area contributed by atoms with Crippen LogP contribution in [-0.2, 0) is 5.60 Å². The zero-order chi connectivity index (χ0) is 11.7. The monoisotopic (exact) mass is 228 g/mol. The third kappa shape index (κ3) is 1.81. The number of hydrogen-bond donors (Lipinski definition) is 2. The van der Waals surface area contributed by atoms with Gasteiger partial charge in [-0.3, -0.25) is 4.98 Å². The molecule has 0 atom stereocenters. The Kier molecular flexibility index (Phi) is 2.57. The van der Waals surface area contributed by atoms with Crippen LogP contribution in [0.2, 0.25) is 0 Å². The van der Waals surface area contributed by atoms with Crippen LogP contribution in [0.3, 0.4) is 0 Å². The minimum Gasteiger partial charge on any atom is -0.385 e. The van der Waals surface area contributed by atoms with Crippen molar-refractivity contribution in [1.82, 2.24) is 10.3 Å². The van der Waals surface area contributed by atoms with Gasteiger partial charge < -0.3 is 10.4 Å². The summed E-state index contributed by atoms with van der Waals surface area (Å²) in [5.74, 6) is 0. The maximum Gasteiger partial charge on any atom is 0.0927 e. The van der Waals surface area contributed by atoms with Crippen LogP contribution in [-0.4, -0.2) is 23.2 Å². The fraction of sp³-hybridized carbons (Fsp3) is 0.357. The summed E-state index contributed by atoms with van der Waals surface area (Å²) in [5, 5.41) is 16.3. The highest BCUT2D eigenvalue weighted by molar-refractivity contribution is 5.85. The summed E-state index contributed by atoms with van der Waals surface area (Å²) in [5.41, 5.74) is 0.318. The van der Waals surface area contributed by atoms with Gasteiger partial charge in [0.2, 0.25) is 0 Å². The van der Waals surface area contributed by atoms with Crippen molar-refractivity contribution in [3.05, 3.63) is 42.2 Å². The Hall–Kier alpha value is -1.45. The molecular formula is C14H16N2O. The van der Waals surface area contributed by atoms with Gasteiger partial charge in [-0.25, -0.2) is 0 Å². The van der Waals surface area contributed by atoms with Crippen molar-refractivity contribution >= 4 is 10.8 Å². The number of pyridine rings is 1. The van der Waals surface area contributed by atoms with Crippen molar-refractivity contribution in [2.24, 2.45) is 0 Å². The van der Waals surface area contributed by atoms with E-state index in [1.165, 1.54) is 0 Å². The molecule has 17 heavy (non-hydrogen) atoms. The summed E-state index contributed by atoms with van der Waals surface area (Å²) in [4.78, 5) is 4.17. The molecule has 1 aromatic heterocycles. The third-order valence-electron chi connectivity index (χ3n) is 3.62. The highest BCUT2D eigenvalue weighted by atomic mass is 16.3. The number of piperidine rings is 1.